The van der Waals surface area contributed by atoms with Crippen LogP contribution in [0.15, 0.2) is 36.4 Å². The molecule has 0 spiro atoms. The zero-order chi connectivity index (χ0) is 42.7. The van der Waals surface area contributed by atoms with Crippen molar-refractivity contribution >= 4 is 44.6 Å². The summed E-state index contributed by atoms with van der Waals surface area (Å²) in [6.07, 6.45) is 5.86. The molecule has 322 valence electrons. The second-order valence-electron chi connectivity index (χ2n) is 18.1. The molecule has 3 fully saturated rings. The lowest BCUT2D eigenvalue weighted by Gasteiger charge is -2.35. The number of nitrogens with one attached hydrogen (secondary N) is 3. The highest BCUT2D eigenvalue weighted by Gasteiger charge is 2.63. The molecule has 3 N–H and O–H groups in total. The van der Waals surface area contributed by atoms with Gasteiger partial charge in [-0.05, 0) is 95.4 Å². The number of halogens is 2. The highest BCUT2D eigenvalue weighted by atomic mass is 32.2. The Morgan fingerprint density at radius 2 is 1.80 bits per heavy atom. The van der Waals surface area contributed by atoms with Crippen molar-refractivity contribution in [2.75, 3.05) is 13.2 Å². The fraction of sp³-hybridized carbons (Fsp3) is 0.643. The van der Waals surface area contributed by atoms with Crippen LogP contribution in [0.1, 0.15) is 98.5 Å². The van der Waals surface area contributed by atoms with Gasteiger partial charge in [0.15, 0.2) is 5.60 Å². The number of amides is 4. The monoisotopic (exact) mass is 843 g/mol. The van der Waals surface area contributed by atoms with Gasteiger partial charge in [-0.25, -0.2) is 22.0 Å². The van der Waals surface area contributed by atoms with Gasteiger partial charge in [-0.2, -0.15) is 4.98 Å². The predicted molar refractivity (Wildman–Crippen MR) is 213 cm³/mol. The first-order valence-corrected chi connectivity index (χ1v) is 22.1. The first-order chi connectivity index (χ1) is 27.6. The molecule has 2 saturated carbocycles. The Kier molecular flexibility index (Phi) is 11.2. The number of allylic oxidation sites excluding steroid dienone is 1. The van der Waals surface area contributed by atoms with Crippen LogP contribution in [0.5, 0.6) is 11.8 Å². The van der Waals surface area contributed by atoms with Crippen molar-refractivity contribution in [3.63, 3.8) is 0 Å². The first-order valence-electron chi connectivity index (χ1n) is 20.6. The van der Waals surface area contributed by atoms with E-state index in [9.17, 15) is 36.4 Å². The van der Waals surface area contributed by atoms with Crippen LogP contribution in [0.2, 0.25) is 0 Å². The molecule has 0 unspecified atom stereocenters. The highest BCUT2D eigenvalue weighted by Crippen LogP contribution is 2.48. The summed E-state index contributed by atoms with van der Waals surface area (Å²) in [6.45, 7) is 8.44. The molecule has 2 aromatic rings. The second kappa shape index (κ2) is 15.5. The molecule has 3 aliphatic heterocycles. The summed E-state index contributed by atoms with van der Waals surface area (Å²) in [5, 5.41) is 7.03. The van der Waals surface area contributed by atoms with Crippen LogP contribution in [0, 0.1) is 17.8 Å². The predicted octanol–water partition coefficient (Wildman–Crippen LogP) is 5.32. The summed E-state index contributed by atoms with van der Waals surface area (Å²) < 4.78 is 74.2. The van der Waals surface area contributed by atoms with E-state index in [1.807, 2.05) is 43.3 Å². The topological polar surface area (TPSA) is 182 Å². The summed E-state index contributed by atoms with van der Waals surface area (Å²) in [4.78, 5) is 62.9. The number of alkyl carbamates (subject to hydrolysis) is 1. The minimum Gasteiger partial charge on any atom is -0.477 e. The van der Waals surface area contributed by atoms with Gasteiger partial charge in [0.05, 0.1) is 17.9 Å². The minimum absolute atomic E-state index is 0.0248. The van der Waals surface area contributed by atoms with Gasteiger partial charge in [-0.3, -0.25) is 19.1 Å². The smallest absolute Gasteiger partial charge is 0.408 e. The van der Waals surface area contributed by atoms with E-state index in [2.05, 4.69) is 15.4 Å². The molecule has 1 saturated heterocycles. The molecule has 2 aliphatic carbocycles. The van der Waals surface area contributed by atoms with Crippen LogP contribution in [-0.4, -0.2) is 95.3 Å². The number of hydrogen-bond donors (Lipinski definition) is 3. The van der Waals surface area contributed by atoms with Gasteiger partial charge in [0.1, 0.15) is 23.7 Å². The average Bonchev–Trinajstić information content (AvgIpc) is 4.04. The Labute approximate surface area is 343 Å². The van der Waals surface area contributed by atoms with Gasteiger partial charge < -0.3 is 29.7 Å². The molecule has 17 heteroatoms. The number of benzene rings is 1. The first kappa shape index (κ1) is 42.6. The highest BCUT2D eigenvalue weighted by molar-refractivity contribution is 7.91. The number of hydrogen-bond acceptors (Lipinski definition) is 10. The number of ether oxygens (including phenoxy) is 3. The van der Waals surface area contributed by atoms with Crippen LogP contribution in [0.25, 0.3) is 10.8 Å². The van der Waals surface area contributed by atoms with E-state index in [0.29, 0.717) is 56.9 Å². The quantitative estimate of drug-likeness (QED) is 0.294. The van der Waals surface area contributed by atoms with Crippen LogP contribution >= 0.6 is 0 Å². The molecule has 5 aliphatic rings. The maximum Gasteiger partial charge on any atom is 0.408 e. The third kappa shape index (κ3) is 8.45. The Hall–Kier alpha value is -4.54. The van der Waals surface area contributed by atoms with E-state index < -0.39 is 85.7 Å². The fourth-order valence-corrected chi connectivity index (χ4v) is 9.68. The summed E-state index contributed by atoms with van der Waals surface area (Å²) >= 11 is 0. The Morgan fingerprint density at radius 3 is 2.49 bits per heavy atom. The second-order valence-corrected chi connectivity index (χ2v) is 20.3. The van der Waals surface area contributed by atoms with Gasteiger partial charge in [-0.15, -0.1) is 0 Å². The Balaban J connectivity index is 1.24. The molecule has 14 nitrogen and oxygen atoms in total. The lowest BCUT2D eigenvalue weighted by molar-refractivity contribution is -0.152. The standard InChI is InChI=1S/C42H55F2N5O9S/c1-24-12-7-8-13-26-22-42(26,37(52)48-59(54,55)40(5)17-18-40)47-33(50)31-21-27(57-35-30-15-10-9-14-28(30)29-16-11-19-56-34(29)46-35)23-49(31)36(51)32(25(2)20-24)45-38(53)58-39(3,4)41(6,43)44/h8-10,13-15,24-27,31-32H,7,11-12,16-23H2,1-6H3,(H,45,53)(H,47,50)(H,48,52)/b13-8-/t24-,25+,26+,27+,31-,32-,42+/m0/s1. The Morgan fingerprint density at radius 1 is 1.08 bits per heavy atom. The van der Waals surface area contributed by atoms with Gasteiger partial charge in [-0.1, -0.05) is 44.2 Å². The molecular weight excluding hydrogens is 789 g/mol. The number of carbonyl (C=O) groups is 4. The van der Waals surface area contributed by atoms with Crippen molar-refractivity contribution < 1.29 is 50.6 Å². The molecule has 1 aromatic carbocycles. The number of aryl methyl sites for hydroxylation is 1. The maximum absolute atomic E-state index is 14.9. The number of sulfonamides is 1. The van der Waals surface area contributed by atoms with Crippen molar-refractivity contribution in [1.29, 1.82) is 0 Å². The third-order valence-corrected chi connectivity index (χ3v) is 15.1. The summed E-state index contributed by atoms with van der Waals surface area (Å²) in [5.74, 6) is -6.02. The van der Waals surface area contributed by atoms with Crippen molar-refractivity contribution in [2.45, 2.75) is 139 Å². The number of alkyl halides is 2. The van der Waals surface area contributed by atoms with Crippen LogP contribution in [-0.2, 0) is 35.6 Å². The van der Waals surface area contributed by atoms with Crippen molar-refractivity contribution in [3.8, 4) is 11.8 Å². The van der Waals surface area contributed by atoms with Crippen molar-refractivity contribution in [1.82, 2.24) is 25.2 Å². The molecule has 4 amide bonds. The molecule has 7 atom stereocenters. The largest absolute Gasteiger partial charge is 0.477 e. The van der Waals surface area contributed by atoms with Crippen LogP contribution in [0.4, 0.5) is 13.6 Å². The van der Waals surface area contributed by atoms with Gasteiger partial charge in [0.25, 0.3) is 11.8 Å². The summed E-state index contributed by atoms with van der Waals surface area (Å²) in [7, 11) is -4.05. The van der Waals surface area contributed by atoms with E-state index in [4.69, 9.17) is 19.2 Å². The van der Waals surface area contributed by atoms with Crippen LogP contribution < -0.4 is 24.8 Å². The molecule has 4 heterocycles. The van der Waals surface area contributed by atoms with E-state index in [-0.39, 0.29) is 31.2 Å². The number of pyridine rings is 1. The van der Waals surface area contributed by atoms with E-state index in [0.717, 1.165) is 37.6 Å². The molecule has 1 aromatic heterocycles. The van der Waals surface area contributed by atoms with Gasteiger partial charge in [0.2, 0.25) is 33.6 Å². The normalized spacial score (nSPS) is 30.2. The van der Waals surface area contributed by atoms with Crippen LogP contribution in [0.3, 0.4) is 0 Å². The lowest BCUT2D eigenvalue weighted by Crippen LogP contribution is -2.59. The van der Waals surface area contributed by atoms with Gasteiger partial charge in [0, 0.05) is 30.2 Å². The number of aromatic nitrogens is 1. The van der Waals surface area contributed by atoms with E-state index >= 15 is 0 Å². The molecule has 59 heavy (non-hydrogen) atoms. The van der Waals surface area contributed by atoms with Gasteiger partial charge >= 0.3 is 6.09 Å². The number of carbonyl (C=O) groups excluding carboxylic acids is 4. The SMILES string of the molecule is C[C@H]1CC/C=C\[C@@H]2C[C@@]2(C(=O)NS(=O)(=O)C2(C)CC2)NC(=O)[C@@H]2C[C@@H](Oc3nc4c(c5ccccc35)CCCO4)CN2C(=O)[C@@H](NC(=O)OC(C)(C)C(C)(F)F)[C@H](C)C1. The number of fused-ring (bicyclic) bond motifs is 5. The zero-order valence-electron chi connectivity index (χ0n) is 34.4. The average molecular weight is 844 g/mol. The van der Waals surface area contributed by atoms with Crippen molar-refractivity contribution in [3.05, 3.63) is 42.0 Å². The third-order valence-electron chi connectivity index (χ3n) is 13.0. The molecular formula is C42H55F2N5O9S. The molecule has 7 rings (SSSR count). The summed E-state index contributed by atoms with van der Waals surface area (Å²) in [6, 6.07) is 5.01. The molecule has 0 radical (unpaired) electrons. The summed E-state index contributed by atoms with van der Waals surface area (Å²) in [5.41, 5.74) is -2.87. The minimum atomic E-state index is -4.05. The Bertz CT molecular complexity index is 2160. The van der Waals surface area contributed by atoms with Crippen molar-refractivity contribution in [2.24, 2.45) is 17.8 Å². The fourth-order valence-electron chi connectivity index (χ4n) is 8.37. The lowest BCUT2D eigenvalue weighted by atomic mass is 9.88. The maximum atomic E-state index is 14.9. The number of nitrogens with zero attached hydrogens (tertiary/aromatic N) is 2. The van der Waals surface area contributed by atoms with E-state index in [1.165, 1.54) is 4.90 Å². The zero-order valence-corrected chi connectivity index (χ0v) is 35.3. The van der Waals surface area contributed by atoms with E-state index in [1.54, 1.807) is 13.8 Å². The molecule has 0 bridgehead atoms. The number of rotatable bonds is 8.